The second-order valence-electron chi connectivity index (χ2n) is 5.77. The van der Waals surface area contributed by atoms with Crippen molar-refractivity contribution in [2.45, 2.75) is 31.8 Å². The highest BCUT2D eigenvalue weighted by atomic mass is 35.5. The van der Waals surface area contributed by atoms with Gasteiger partial charge in [-0.05, 0) is 37.6 Å². The predicted molar refractivity (Wildman–Crippen MR) is 99.7 cm³/mol. The molecule has 2 heterocycles. The van der Waals surface area contributed by atoms with Gasteiger partial charge in [0, 0.05) is 23.3 Å². The summed E-state index contributed by atoms with van der Waals surface area (Å²) >= 11 is 13.4. The normalized spacial score (nSPS) is 18.5. The van der Waals surface area contributed by atoms with Crippen LogP contribution in [0.15, 0.2) is 24.4 Å². The summed E-state index contributed by atoms with van der Waals surface area (Å²) in [5.74, 6) is -0.0226. The van der Waals surface area contributed by atoms with Gasteiger partial charge in [-0.2, -0.15) is 0 Å². The third kappa shape index (κ3) is 4.19. The van der Waals surface area contributed by atoms with Crippen LogP contribution in [0.25, 0.3) is 0 Å². The quantitative estimate of drug-likeness (QED) is 0.834. The van der Waals surface area contributed by atoms with E-state index in [-0.39, 0.29) is 11.9 Å². The van der Waals surface area contributed by atoms with Crippen LogP contribution in [0.3, 0.4) is 0 Å². The number of carbonyl (C=O) groups excluding carboxylic acids is 1. The lowest BCUT2D eigenvalue weighted by molar-refractivity contribution is -0.122. The van der Waals surface area contributed by atoms with Gasteiger partial charge in [0.25, 0.3) is 0 Å². The van der Waals surface area contributed by atoms with E-state index >= 15 is 0 Å². The number of hydrogen-bond donors (Lipinski definition) is 2. The fourth-order valence-corrected chi connectivity index (χ4v) is 3.88. The zero-order valence-electron chi connectivity index (χ0n) is 13.0. The Morgan fingerprint density at radius 2 is 2.21 bits per heavy atom. The van der Waals surface area contributed by atoms with Gasteiger partial charge in [0.1, 0.15) is 0 Å². The number of thiazole rings is 1. The molecule has 3 N–H and O–H groups in total. The van der Waals surface area contributed by atoms with Crippen LogP contribution in [0.5, 0.6) is 0 Å². The zero-order chi connectivity index (χ0) is 17.1. The lowest BCUT2D eigenvalue weighted by atomic mass is 10.0. The Balaban J connectivity index is 1.69. The highest BCUT2D eigenvalue weighted by molar-refractivity contribution is 7.15. The first-order valence-corrected chi connectivity index (χ1v) is 9.30. The topological polar surface area (TPSA) is 71.2 Å². The molecule has 0 radical (unpaired) electrons. The van der Waals surface area contributed by atoms with Gasteiger partial charge in [0.05, 0.1) is 16.1 Å². The molecule has 1 aliphatic rings. The van der Waals surface area contributed by atoms with Crippen molar-refractivity contribution in [2.75, 3.05) is 17.6 Å². The molecule has 2 aromatic rings. The van der Waals surface area contributed by atoms with E-state index < -0.39 is 0 Å². The number of nitrogens with zero attached hydrogens (tertiary/aromatic N) is 2. The lowest BCUT2D eigenvalue weighted by Gasteiger charge is -2.34. The Labute approximate surface area is 154 Å². The SMILES string of the molecule is Nc1ncc(CN2CCCCC2C(=O)Nc2ccc(Cl)c(Cl)c2)s1. The summed E-state index contributed by atoms with van der Waals surface area (Å²) in [5, 5.41) is 4.39. The Hall–Kier alpha value is -1.34. The molecule has 128 valence electrons. The average Bonchev–Trinajstić information content (AvgIpc) is 2.96. The molecular weight excluding hydrogens is 367 g/mol. The lowest BCUT2D eigenvalue weighted by Crippen LogP contribution is -2.46. The molecule has 0 bridgehead atoms. The molecule has 8 heteroatoms. The van der Waals surface area contributed by atoms with E-state index in [9.17, 15) is 4.79 Å². The van der Waals surface area contributed by atoms with Crippen molar-refractivity contribution in [1.82, 2.24) is 9.88 Å². The zero-order valence-corrected chi connectivity index (χ0v) is 15.3. The second kappa shape index (κ2) is 7.70. The molecule has 0 saturated carbocycles. The number of benzene rings is 1. The molecule has 5 nitrogen and oxygen atoms in total. The standard InChI is InChI=1S/C16H18Cl2N4OS/c17-12-5-4-10(7-13(12)18)21-15(23)14-3-1-2-6-22(14)9-11-8-20-16(19)24-11/h4-5,7-8,14H,1-3,6,9H2,(H2,19,20)(H,21,23). The van der Waals surface area contributed by atoms with E-state index in [1.807, 2.05) is 0 Å². The van der Waals surface area contributed by atoms with E-state index in [4.69, 9.17) is 28.9 Å². The van der Waals surface area contributed by atoms with Crippen molar-refractivity contribution in [3.05, 3.63) is 39.3 Å². The van der Waals surface area contributed by atoms with Gasteiger partial charge in [-0.3, -0.25) is 9.69 Å². The number of carbonyl (C=O) groups is 1. The summed E-state index contributed by atoms with van der Waals surface area (Å²) in [7, 11) is 0. The number of anilines is 2. The Morgan fingerprint density at radius 1 is 1.38 bits per heavy atom. The molecule has 24 heavy (non-hydrogen) atoms. The number of rotatable bonds is 4. The van der Waals surface area contributed by atoms with Gasteiger partial charge in [-0.15, -0.1) is 11.3 Å². The van der Waals surface area contributed by atoms with Crippen molar-refractivity contribution in [2.24, 2.45) is 0 Å². The van der Waals surface area contributed by atoms with Gasteiger partial charge in [-0.25, -0.2) is 4.98 Å². The minimum Gasteiger partial charge on any atom is -0.375 e. The fourth-order valence-electron chi connectivity index (χ4n) is 2.87. The molecule has 0 aliphatic carbocycles. The molecule has 1 aromatic heterocycles. The van der Waals surface area contributed by atoms with Crippen molar-refractivity contribution < 1.29 is 4.79 Å². The Bertz CT molecular complexity index is 737. The van der Waals surface area contributed by atoms with Crippen molar-refractivity contribution in [1.29, 1.82) is 0 Å². The largest absolute Gasteiger partial charge is 0.375 e. The highest BCUT2D eigenvalue weighted by Crippen LogP contribution is 2.27. The van der Waals surface area contributed by atoms with Crippen molar-refractivity contribution in [3.63, 3.8) is 0 Å². The number of halogens is 2. The van der Waals surface area contributed by atoms with Gasteiger partial charge < -0.3 is 11.1 Å². The molecule has 1 fully saturated rings. The monoisotopic (exact) mass is 384 g/mol. The maximum Gasteiger partial charge on any atom is 0.241 e. The average molecular weight is 385 g/mol. The van der Waals surface area contributed by atoms with E-state index in [0.717, 1.165) is 30.7 Å². The first-order chi connectivity index (χ1) is 11.5. The van der Waals surface area contributed by atoms with Crippen molar-refractivity contribution in [3.8, 4) is 0 Å². The number of piperidine rings is 1. The molecule has 0 spiro atoms. The predicted octanol–water partition coefficient (Wildman–Crippen LogP) is 4.03. The molecule has 1 unspecified atom stereocenters. The van der Waals surface area contributed by atoms with Crippen molar-refractivity contribution >= 4 is 51.3 Å². The van der Waals surface area contributed by atoms with E-state index in [2.05, 4.69) is 15.2 Å². The number of likely N-dealkylation sites (tertiary alicyclic amines) is 1. The van der Waals surface area contributed by atoms with Crippen LogP contribution in [0.4, 0.5) is 10.8 Å². The second-order valence-corrected chi connectivity index (χ2v) is 7.73. The minimum atomic E-state index is -0.170. The minimum absolute atomic E-state index is 0.0226. The number of nitrogen functional groups attached to an aromatic ring is 1. The number of nitrogens with one attached hydrogen (secondary N) is 1. The van der Waals surface area contributed by atoms with Crippen LogP contribution in [0.2, 0.25) is 10.0 Å². The summed E-state index contributed by atoms with van der Waals surface area (Å²) in [5.41, 5.74) is 6.35. The van der Waals surface area contributed by atoms with Gasteiger partial charge in [0.2, 0.25) is 5.91 Å². The van der Waals surface area contributed by atoms with Crippen LogP contribution in [0.1, 0.15) is 24.1 Å². The fraction of sp³-hybridized carbons (Fsp3) is 0.375. The van der Waals surface area contributed by atoms with Crippen LogP contribution in [-0.4, -0.2) is 28.4 Å². The summed E-state index contributed by atoms with van der Waals surface area (Å²) in [6, 6.07) is 4.93. The first kappa shape index (κ1) is 17.5. The summed E-state index contributed by atoms with van der Waals surface area (Å²) in [4.78, 5) is 20.0. The van der Waals surface area contributed by atoms with Gasteiger partial charge >= 0.3 is 0 Å². The summed E-state index contributed by atoms with van der Waals surface area (Å²) in [6.45, 7) is 1.57. The number of nitrogens with two attached hydrogens (primary N) is 1. The Kier molecular flexibility index (Phi) is 5.61. The molecule has 1 atom stereocenters. The Morgan fingerprint density at radius 3 is 2.92 bits per heavy atom. The number of amides is 1. The third-order valence-corrected chi connectivity index (χ3v) is 5.58. The highest BCUT2D eigenvalue weighted by Gasteiger charge is 2.29. The van der Waals surface area contributed by atoms with Gasteiger partial charge in [0.15, 0.2) is 5.13 Å². The maximum absolute atomic E-state index is 12.7. The number of aromatic nitrogens is 1. The maximum atomic E-state index is 12.7. The molecular formula is C16H18Cl2N4OS. The summed E-state index contributed by atoms with van der Waals surface area (Å²) in [6.07, 6.45) is 4.75. The molecule has 3 rings (SSSR count). The van der Waals surface area contributed by atoms with Crippen LogP contribution < -0.4 is 11.1 Å². The molecule has 1 amide bonds. The summed E-state index contributed by atoms with van der Waals surface area (Å²) < 4.78 is 0. The third-order valence-electron chi connectivity index (χ3n) is 4.03. The van der Waals surface area contributed by atoms with Crippen LogP contribution in [0, 0.1) is 0 Å². The molecule has 1 saturated heterocycles. The first-order valence-electron chi connectivity index (χ1n) is 7.73. The van der Waals surface area contributed by atoms with E-state index in [1.165, 1.54) is 11.3 Å². The van der Waals surface area contributed by atoms with Crippen LogP contribution in [-0.2, 0) is 11.3 Å². The van der Waals surface area contributed by atoms with E-state index in [0.29, 0.717) is 27.4 Å². The van der Waals surface area contributed by atoms with E-state index in [1.54, 1.807) is 24.4 Å². The molecule has 1 aliphatic heterocycles. The smallest absolute Gasteiger partial charge is 0.241 e. The van der Waals surface area contributed by atoms with Gasteiger partial charge in [-0.1, -0.05) is 29.6 Å². The number of hydrogen-bond acceptors (Lipinski definition) is 5. The van der Waals surface area contributed by atoms with Crippen LogP contribution >= 0.6 is 34.5 Å². The molecule has 1 aromatic carbocycles.